The van der Waals surface area contributed by atoms with E-state index in [1.807, 2.05) is 39.0 Å². The van der Waals surface area contributed by atoms with Crippen molar-refractivity contribution in [2.45, 2.75) is 77.3 Å². The summed E-state index contributed by atoms with van der Waals surface area (Å²) in [5, 5.41) is 41.5. The lowest BCUT2D eigenvalue weighted by molar-refractivity contribution is -0.317. The maximum absolute atomic E-state index is 13.2. The molecule has 0 radical (unpaired) electrons. The molecule has 9 atom stereocenters. The molecule has 2 heterocycles. The Morgan fingerprint density at radius 3 is 2.48 bits per heavy atom. The van der Waals surface area contributed by atoms with Crippen LogP contribution >= 0.6 is 0 Å². The molecule has 0 amide bonds. The molecule has 218 valence electrons. The molecule has 0 bridgehead atoms. The Kier molecular flexibility index (Phi) is 7.71. The Balaban J connectivity index is 1.45. The highest BCUT2D eigenvalue weighted by Crippen LogP contribution is 2.59. The van der Waals surface area contributed by atoms with Crippen LogP contribution in [0.3, 0.4) is 0 Å². The molecule has 0 spiro atoms. The minimum Gasteiger partial charge on any atom is -0.493 e. The molecule has 3 aliphatic rings. The zero-order valence-corrected chi connectivity index (χ0v) is 23.1. The summed E-state index contributed by atoms with van der Waals surface area (Å²) < 4.78 is 23.5. The predicted octanol–water partition coefficient (Wildman–Crippen LogP) is 1.94. The van der Waals surface area contributed by atoms with Crippen LogP contribution in [-0.2, 0) is 14.3 Å². The Morgan fingerprint density at radius 1 is 1.02 bits per heavy atom. The van der Waals surface area contributed by atoms with E-state index in [2.05, 4.69) is 6.92 Å². The van der Waals surface area contributed by atoms with E-state index in [9.17, 15) is 30.0 Å². The first-order chi connectivity index (χ1) is 18.9. The van der Waals surface area contributed by atoms with Crippen LogP contribution in [0, 0.1) is 22.7 Å². The van der Waals surface area contributed by atoms with E-state index in [0.29, 0.717) is 30.8 Å². The lowest BCUT2D eigenvalue weighted by Crippen LogP contribution is -2.62. The van der Waals surface area contributed by atoms with Gasteiger partial charge in [-0.25, -0.2) is 4.79 Å². The van der Waals surface area contributed by atoms with Gasteiger partial charge in [-0.15, -0.1) is 0 Å². The van der Waals surface area contributed by atoms with Crippen molar-refractivity contribution >= 4 is 16.8 Å². The van der Waals surface area contributed by atoms with E-state index < -0.39 is 59.9 Å². The summed E-state index contributed by atoms with van der Waals surface area (Å²) in [6.45, 7) is 7.65. The quantitative estimate of drug-likeness (QED) is 0.305. The third-order valence-corrected chi connectivity index (χ3v) is 9.35. The number of carbonyl (C=O) groups is 1. The second-order valence-electron chi connectivity index (χ2n) is 12.2. The predicted molar refractivity (Wildman–Crippen MR) is 143 cm³/mol. The fourth-order valence-electron chi connectivity index (χ4n) is 7.11. The zero-order valence-electron chi connectivity index (χ0n) is 23.1. The van der Waals surface area contributed by atoms with E-state index in [1.165, 1.54) is 6.07 Å². The van der Waals surface area contributed by atoms with Gasteiger partial charge in [0, 0.05) is 41.2 Å². The van der Waals surface area contributed by atoms with E-state index in [0.717, 1.165) is 11.0 Å². The number of hydrogen-bond acceptors (Lipinski definition) is 10. The lowest BCUT2D eigenvalue weighted by atomic mass is 9.47. The van der Waals surface area contributed by atoms with Gasteiger partial charge in [-0.3, -0.25) is 4.79 Å². The molecule has 5 rings (SSSR count). The number of fused-ring (bicyclic) bond motifs is 2. The molecule has 2 fully saturated rings. The molecule has 40 heavy (non-hydrogen) atoms. The van der Waals surface area contributed by atoms with Crippen LogP contribution in [0.2, 0.25) is 0 Å². The van der Waals surface area contributed by atoms with Crippen molar-refractivity contribution in [1.29, 1.82) is 0 Å². The average Bonchev–Trinajstić information content (AvgIpc) is 2.90. The monoisotopic (exact) mass is 558 g/mol. The van der Waals surface area contributed by atoms with Crippen molar-refractivity contribution in [2.75, 3.05) is 13.2 Å². The number of aliphatic hydroxyl groups is 4. The van der Waals surface area contributed by atoms with Gasteiger partial charge in [0.25, 0.3) is 0 Å². The summed E-state index contributed by atoms with van der Waals surface area (Å²) in [6, 6.07) is 8.41. The molecule has 10 heteroatoms. The second-order valence-corrected chi connectivity index (χ2v) is 12.2. The second kappa shape index (κ2) is 10.7. The standard InChI is InChI=1S/C30H38O10/c1-15-11-20(39-28-26(36)25(35)24(34)21(13-31)40-28)27-29(2,3)22(32)9-10-30(27,4)18(15)14-37-17-7-5-16-6-8-23(33)38-19(16)12-17/h5-8,11-12,18,20-21,24-28,31,34-36H,9-10,13-14H2,1-4H3. The normalized spacial score (nSPS) is 37.6. The van der Waals surface area contributed by atoms with Crippen LogP contribution in [0.4, 0.5) is 0 Å². The molecule has 2 aliphatic carbocycles. The molecule has 9 unspecified atom stereocenters. The fourth-order valence-corrected chi connectivity index (χ4v) is 7.11. The number of aliphatic hydroxyl groups excluding tert-OH is 4. The minimum absolute atomic E-state index is 0.0852. The Labute approximate surface area is 232 Å². The first-order valence-corrected chi connectivity index (χ1v) is 13.7. The van der Waals surface area contributed by atoms with Crippen molar-refractivity contribution in [2.24, 2.45) is 22.7 Å². The van der Waals surface area contributed by atoms with Gasteiger partial charge in [-0.2, -0.15) is 0 Å². The number of rotatable bonds is 6. The summed E-state index contributed by atoms with van der Waals surface area (Å²) in [4.78, 5) is 24.9. The highest BCUT2D eigenvalue weighted by molar-refractivity contribution is 5.85. The van der Waals surface area contributed by atoms with Crippen LogP contribution in [0.5, 0.6) is 5.75 Å². The lowest BCUT2D eigenvalue weighted by Gasteiger charge is -2.58. The largest absolute Gasteiger partial charge is 0.493 e. The molecule has 10 nitrogen and oxygen atoms in total. The van der Waals surface area contributed by atoms with Crippen LogP contribution in [-0.4, -0.2) is 76.2 Å². The smallest absolute Gasteiger partial charge is 0.336 e. The first kappa shape index (κ1) is 28.9. The van der Waals surface area contributed by atoms with Crippen LogP contribution < -0.4 is 10.4 Å². The topological polar surface area (TPSA) is 156 Å². The van der Waals surface area contributed by atoms with Gasteiger partial charge in [0.15, 0.2) is 6.29 Å². The van der Waals surface area contributed by atoms with Gasteiger partial charge in [-0.05, 0) is 37.0 Å². The Bertz CT molecular complexity index is 1350. The van der Waals surface area contributed by atoms with E-state index in [1.54, 1.807) is 12.1 Å². The van der Waals surface area contributed by atoms with Gasteiger partial charge in [0.1, 0.15) is 41.5 Å². The highest BCUT2D eigenvalue weighted by atomic mass is 16.7. The summed E-state index contributed by atoms with van der Waals surface area (Å²) in [6.07, 6.45) is -4.76. The van der Waals surface area contributed by atoms with Crippen molar-refractivity contribution < 1.29 is 43.8 Å². The van der Waals surface area contributed by atoms with Gasteiger partial charge >= 0.3 is 5.63 Å². The van der Waals surface area contributed by atoms with Crippen LogP contribution in [0.25, 0.3) is 11.0 Å². The molecule has 1 aromatic carbocycles. The van der Waals surface area contributed by atoms with Crippen LogP contribution in [0.1, 0.15) is 40.5 Å². The van der Waals surface area contributed by atoms with Crippen molar-refractivity contribution in [3.63, 3.8) is 0 Å². The molecule has 1 saturated carbocycles. The Morgan fingerprint density at radius 2 is 1.75 bits per heavy atom. The van der Waals surface area contributed by atoms with Crippen molar-refractivity contribution in [3.05, 3.63) is 52.4 Å². The number of hydrogen-bond donors (Lipinski definition) is 4. The van der Waals surface area contributed by atoms with Crippen LogP contribution in [0.15, 0.2) is 51.2 Å². The number of ether oxygens (including phenoxy) is 3. The number of Topliss-reactive ketones (excluding diaryl/α,β-unsaturated/α-hetero) is 1. The van der Waals surface area contributed by atoms with Gasteiger partial charge in [0.2, 0.25) is 0 Å². The van der Waals surface area contributed by atoms with E-state index in [-0.39, 0.29) is 17.6 Å². The van der Waals surface area contributed by atoms with Gasteiger partial charge < -0.3 is 39.1 Å². The number of benzene rings is 1. The SMILES string of the molecule is CC1=CC(OC2OC(CO)C(O)C(O)C2O)C2C(C)(C)C(=O)CCC2(C)C1COc1ccc2ccc(=O)oc2c1. The maximum atomic E-state index is 13.2. The Hall–Kier alpha value is -2.60. The average molecular weight is 559 g/mol. The van der Waals surface area contributed by atoms with E-state index >= 15 is 0 Å². The highest BCUT2D eigenvalue weighted by Gasteiger charge is 2.60. The molecule has 1 saturated heterocycles. The molecular weight excluding hydrogens is 520 g/mol. The summed E-state index contributed by atoms with van der Waals surface area (Å²) in [7, 11) is 0. The number of ketones is 1. The first-order valence-electron chi connectivity index (χ1n) is 13.7. The minimum atomic E-state index is -1.57. The summed E-state index contributed by atoms with van der Waals surface area (Å²) >= 11 is 0. The molecule has 1 aromatic heterocycles. The van der Waals surface area contributed by atoms with Gasteiger partial charge in [0.05, 0.1) is 19.3 Å². The van der Waals surface area contributed by atoms with E-state index in [4.69, 9.17) is 18.6 Å². The molecule has 1 aliphatic heterocycles. The maximum Gasteiger partial charge on any atom is 0.336 e. The molecule has 2 aromatic rings. The summed E-state index contributed by atoms with van der Waals surface area (Å²) in [5.74, 6) is 0.244. The molecule has 4 N–H and O–H groups in total. The molecular formula is C30H38O10. The number of carbonyl (C=O) groups excluding carboxylic acids is 1. The van der Waals surface area contributed by atoms with Crippen molar-refractivity contribution in [3.8, 4) is 5.75 Å². The fraction of sp³-hybridized carbons (Fsp3) is 0.600. The third-order valence-electron chi connectivity index (χ3n) is 9.35. The third kappa shape index (κ3) is 4.91. The zero-order chi connectivity index (χ0) is 29.0. The van der Waals surface area contributed by atoms with Gasteiger partial charge in [-0.1, -0.05) is 32.4 Å². The summed E-state index contributed by atoms with van der Waals surface area (Å²) in [5.41, 5.74) is -0.259. The van der Waals surface area contributed by atoms with Crippen molar-refractivity contribution in [1.82, 2.24) is 0 Å².